The van der Waals surface area contributed by atoms with Crippen molar-refractivity contribution in [1.82, 2.24) is 0 Å². The largest absolute Gasteiger partial charge is 0.357 e. The average Bonchev–Trinajstić information content (AvgIpc) is 3.50. The van der Waals surface area contributed by atoms with Gasteiger partial charge in [-0.15, -0.1) is 0 Å². The molecular weight excluding hydrogens is 328 g/mol. The van der Waals surface area contributed by atoms with Gasteiger partial charge in [0.1, 0.15) is 11.2 Å². The van der Waals surface area contributed by atoms with Crippen LogP contribution in [0.15, 0.2) is 109 Å². The fourth-order valence-electron chi connectivity index (χ4n) is 4.99. The standard InChI is InChI=1S/C26H24O/c1-3-11-21(12-4-1)25(23-15-7-8-16-23)19-20-26(27-25,24-17-9-10-18-24)22-13-5-2-6-14-22/h1-18,23-24H,19-20H2. The van der Waals surface area contributed by atoms with Crippen molar-refractivity contribution < 1.29 is 4.74 Å². The zero-order valence-electron chi connectivity index (χ0n) is 15.4. The molecule has 2 aromatic carbocycles. The second kappa shape index (κ2) is 6.51. The topological polar surface area (TPSA) is 9.23 Å². The van der Waals surface area contributed by atoms with Crippen molar-refractivity contribution in [3.8, 4) is 0 Å². The van der Waals surface area contributed by atoms with Gasteiger partial charge in [0, 0.05) is 11.8 Å². The molecule has 1 nitrogen and oxygen atoms in total. The van der Waals surface area contributed by atoms with Gasteiger partial charge in [0.2, 0.25) is 0 Å². The molecule has 5 rings (SSSR count). The van der Waals surface area contributed by atoms with Crippen LogP contribution in [0.3, 0.4) is 0 Å². The summed E-state index contributed by atoms with van der Waals surface area (Å²) in [6.07, 6.45) is 19.7. The van der Waals surface area contributed by atoms with Crippen LogP contribution in [0, 0.1) is 11.8 Å². The molecule has 2 aliphatic carbocycles. The minimum Gasteiger partial charge on any atom is -0.357 e. The lowest BCUT2D eigenvalue weighted by atomic mass is 9.77. The lowest BCUT2D eigenvalue weighted by Gasteiger charge is -2.41. The summed E-state index contributed by atoms with van der Waals surface area (Å²) in [7, 11) is 0. The van der Waals surface area contributed by atoms with E-state index in [0.717, 1.165) is 12.8 Å². The number of allylic oxidation sites excluding steroid dienone is 4. The van der Waals surface area contributed by atoms with Gasteiger partial charge in [-0.1, -0.05) is 109 Å². The number of hydrogen-bond acceptors (Lipinski definition) is 1. The summed E-state index contributed by atoms with van der Waals surface area (Å²) in [5.41, 5.74) is 1.89. The Morgan fingerprint density at radius 3 is 1.30 bits per heavy atom. The fourth-order valence-corrected chi connectivity index (χ4v) is 4.99. The van der Waals surface area contributed by atoms with E-state index in [4.69, 9.17) is 4.74 Å². The molecule has 1 aliphatic heterocycles. The Morgan fingerprint density at radius 1 is 0.556 bits per heavy atom. The van der Waals surface area contributed by atoms with Crippen molar-refractivity contribution in [2.24, 2.45) is 11.8 Å². The van der Waals surface area contributed by atoms with Crippen LogP contribution < -0.4 is 0 Å². The Labute approximate surface area is 161 Å². The molecule has 1 fully saturated rings. The molecule has 3 aliphatic rings. The van der Waals surface area contributed by atoms with Crippen molar-refractivity contribution in [3.63, 3.8) is 0 Å². The molecule has 1 heterocycles. The van der Waals surface area contributed by atoms with Gasteiger partial charge in [0.25, 0.3) is 0 Å². The van der Waals surface area contributed by atoms with Gasteiger partial charge in [-0.05, 0) is 24.0 Å². The quantitative estimate of drug-likeness (QED) is 0.649. The van der Waals surface area contributed by atoms with Gasteiger partial charge in [0.15, 0.2) is 0 Å². The van der Waals surface area contributed by atoms with E-state index in [1.165, 1.54) is 11.1 Å². The predicted octanol–water partition coefficient (Wildman–Crippen LogP) is 6.07. The second-order valence-electron chi connectivity index (χ2n) is 7.70. The number of hydrogen-bond donors (Lipinski definition) is 0. The van der Waals surface area contributed by atoms with Crippen LogP contribution >= 0.6 is 0 Å². The molecule has 0 N–H and O–H groups in total. The third kappa shape index (κ3) is 2.57. The zero-order chi connectivity index (χ0) is 18.2. The normalized spacial score (nSPS) is 29.9. The van der Waals surface area contributed by atoms with E-state index >= 15 is 0 Å². The maximum Gasteiger partial charge on any atom is 0.104 e. The lowest BCUT2D eigenvalue weighted by molar-refractivity contribution is -0.138. The van der Waals surface area contributed by atoms with Gasteiger partial charge < -0.3 is 4.74 Å². The fraction of sp³-hybridized carbons (Fsp3) is 0.231. The summed E-state index contributed by atoms with van der Waals surface area (Å²) in [6, 6.07) is 21.6. The van der Waals surface area contributed by atoms with Crippen LogP contribution in [0.4, 0.5) is 0 Å². The summed E-state index contributed by atoms with van der Waals surface area (Å²) in [5, 5.41) is 0. The molecule has 2 aromatic rings. The van der Waals surface area contributed by atoms with Crippen molar-refractivity contribution in [1.29, 1.82) is 0 Å². The second-order valence-corrected chi connectivity index (χ2v) is 7.70. The first-order valence-corrected chi connectivity index (χ1v) is 9.85. The van der Waals surface area contributed by atoms with Gasteiger partial charge in [0.05, 0.1) is 0 Å². The average molecular weight is 352 g/mol. The van der Waals surface area contributed by atoms with Crippen LogP contribution in [-0.4, -0.2) is 0 Å². The monoisotopic (exact) mass is 352 g/mol. The van der Waals surface area contributed by atoms with E-state index in [1.54, 1.807) is 0 Å². The molecule has 134 valence electrons. The van der Waals surface area contributed by atoms with Crippen molar-refractivity contribution in [2.75, 3.05) is 0 Å². The van der Waals surface area contributed by atoms with Gasteiger partial charge in [-0.25, -0.2) is 0 Å². The van der Waals surface area contributed by atoms with Crippen LogP contribution in [0.25, 0.3) is 0 Å². The molecule has 1 heteroatoms. The van der Waals surface area contributed by atoms with Gasteiger partial charge >= 0.3 is 0 Å². The number of benzene rings is 2. The first-order chi connectivity index (χ1) is 13.3. The molecule has 2 unspecified atom stereocenters. The van der Waals surface area contributed by atoms with Crippen molar-refractivity contribution in [2.45, 2.75) is 24.0 Å². The summed E-state index contributed by atoms with van der Waals surface area (Å²) in [5.74, 6) is 0.527. The van der Waals surface area contributed by atoms with Crippen molar-refractivity contribution >= 4 is 0 Å². The van der Waals surface area contributed by atoms with E-state index in [0.29, 0.717) is 0 Å². The maximum atomic E-state index is 7.27. The van der Waals surface area contributed by atoms with Gasteiger partial charge in [-0.2, -0.15) is 0 Å². The third-order valence-electron chi connectivity index (χ3n) is 6.33. The third-order valence-corrected chi connectivity index (χ3v) is 6.33. The molecule has 0 amide bonds. The predicted molar refractivity (Wildman–Crippen MR) is 110 cm³/mol. The zero-order valence-corrected chi connectivity index (χ0v) is 15.4. The molecule has 0 aromatic heterocycles. The minimum absolute atomic E-state index is 0.264. The summed E-state index contributed by atoms with van der Waals surface area (Å²) in [4.78, 5) is 0. The van der Waals surface area contributed by atoms with E-state index in [2.05, 4.69) is 109 Å². The van der Waals surface area contributed by atoms with Crippen molar-refractivity contribution in [3.05, 3.63) is 120 Å². The van der Waals surface area contributed by atoms with E-state index < -0.39 is 0 Å². The van der Waals surface area contributed by atoms with E-state index in [9.17, 15) is 0 Å². The molecule has 2 atom stereocenters. The molecular formula is C26H24O. The van der Waals surface area contributed by atoms with Crippen LogP contribution in [-0.2, 0) is 15.9 Å². The lowest BCUT2D eigenvalue weighted by Crippen LogP contribution is -2.39. The Hall–Kier alpha value is -2.64. The summed E-state index contributed by atoms with van der Waals surface area (Å²) < 4.78 is 7.27. The first-order valence-electron chi connectivity index (χ1n) is 9.85. The number of rotatable bonds is 4. The van der Waals surface area contributed by atoms with E-state index in [-0.39, 0.29) is 23.0 Å². The molecule has 0 saturated carbocycles. The minimum atomic E-state index is -0.329. The summed E-state index contributed by atoms with van der Waals surface area (Å²) in [6.45, 7) is 0. The highest BCUT2D eigenvalue weighted by molar-refractivity contribution is 5.38. The highest BCUT2D eigenvalue weighted by Crippen LogP contribution is 2.58. The number of ether oxygens (including phenoxy) is 1. The highest BCUT2D eigenvalue weighted by Gasteiger charge is 2.56. The molecule has 27 heavy (non-hydrogen) atoms. The van der Waals surface area contributed by atoms with Crippen LogP contribution in [0.1, 0.15) is 24.0 Å². The van der Waals surface area contributed by atoms with Crippen LogP contribution in [0.5, 0.6) is 0 Å². The Morgan fingerprint density at radius 2 is 0.926 bits per heavy atom. The molecule has 0 bridgehead atoms. The van der Waals surface area contributed by atoms with E-state index in [1.807, 2.05) is 0 Å². The SMILES string of the molecule is C1=CC(C2(c3ccccc3)CCC(c3ccccc3)(C3C=CC=C3)O2)C=C1. The molecule has 0 spiro atoms. The Bertz CT molecular complexity index is 820. The summed E-state index contributed by atoms with van der Waals surface area (Å²) >= 11 is 0. The highest BCUT2D eigenvalue weighted by atomic mass is 16.5. The van der Waals surface area contributed by atoms with Gasteiger partial charge in [-0.3, -0.25) is 0 Å². The Kier molecular flexibility index (Phi) is 3.98. The van der Waals surface area contributed by atoms with Crippen LogP contribution in [0.2, 0.25) is 0 Å². The molecule has 1 saturated heterocycles. The molecule has 0 radical (unpaired) electrons. The maximum absolute atomic E-state index is 7.27. The Balaban J connectivity index is 1.65. The first kappa shape index (κ1) is 16.5. The smallest absolute Gasteiger partial charge is 0.104 e.